The van der Waals surface area contributed by atoms with Crippen molar-refractivity contribution in [1.29, 1.82) is 0 Å². The monoisotopic (exact) mass is 319 g/mol. The van der Waals surface area contributed by atoms with Gasteiger partial charge in [-0.1, -0.05) is 37.0 Å². The molecule has 20 heavy (non-hydrogen) atoms. The molecular weight excluding hydrogens is 297 g/mol. The summed E-state index contributed by atoms with van der Waals surface area (Å²) in [5, 5.41) is 4.52. The zero-order valence-electron chi connectivity index (χ0n) is 12.3. The fourth-order valence-corrected chi connectivity index (χ4v) is 2.29. The van der Waals surface area contributed by atoms with Crippen molar-refractivity contribution in [3.05, 3.63) is 27.7 Å². The Kier molecular flexibility index (Phi) is 8.31. The first-order chi connectivity index (χ1) is 9.54. The van der Waals surface area contributed by atoms with E-state index in [-0.39, 0.29) is 0 Å². The Balaban J connectivity index is 2.66. The lowest BCUT2D eigenvalue weighted by Gasteiger charge is -2.15. The van der Waals surface area contributed by atoms with E-state index in [9.17, 15) is 0 Å². The van der Waals surface area contributed by atoms with Crippen molar-refractivity contribution in [2.75, 3.05) is 19.8 Å². The van der Waals surface area contributed by atoms with Gasteiger partial charge < -0.3 is 14.8 Å². The highest BCUT2D eigenvalue weighted by Crippen LogP contribution is 2.32. The number of rotatable bonds is 9. The first-order valence-electron chi connectivity index (χ1n) is 6.96. The molecule has 1 rings (SSSR count). The summed E-state index contributed by atoms with van der Waals surface area (Å²) < 4.78 is 11.1. The van der Waals surface area contributed by atoms with Crippen LogP contribution in [0.4, 0.5) is 0 Å². The van der Waals surface area contributed by atoms with Crippen molar-refractivity contribution in [2.24, 2.45) is 0 Å². The summed E-state index contributed by atoms with van der Waals surface area (Å²) in [5.41, 5.74) is 0.979. The summed E-state index contributed by atoms with van der Waals surface area (Å²) in [5.74, 6) is 0.709. The summed E-state index contributed by atoms with van der Waals surface area (Å²) in [6.07, 6.45) is 0.837. The summed E-state index contributed by atoms with van der Waals surface area (Å²) in [7, 11) is 0. The van der Waals surface area contributed by atoms with E-state index in [4.69, 9.17) is 32.7 Å². The third-order valence-corrected chi connectivity index (χ3v) is 3.17. The van der Waals surface area contributed by atoms with Crippen LogP contribution in [-0.2, 0) is 11.3 Å². The third kappa shape index (κ3) is 6.31. The molecule has 0 unspecified atom stereocenters. The Morgan fingerprint density at radius 2 is 1.95 bits per heavy atom. The molecule has 5 heteroatoms. The van der Waals surface area contributed by atoms with Gasteiger partial charge in [-0.3, -0.25) is 0 Å². The highest BCUT2D eigenvalue weighted by Gasteiger charge is 2.11. The minimum absolute atomic E-state index is 0.388. The van der Waals surface area contributed by atoms with Gasteiger partial charge in [0.25, 0.3) is 0 Å². The molecule has 0 fully saturated rings. The van der Waals surface area contributed by atoms with Gasteiger partial charge in [-0.15, -0.1) is 0 Å². The van der Waals surface area contributed by atoms with Crippen LogP contribution in [0.5, 0.6) is 5.75 Å². The van der Waals surface area contributed by atoms with Crippen LogP contribution in [0, 0.1) is 0 Å². The van der Waals surface area contributed by atoms with Crippen LogP contribution in [-0.4, -0.2) is 25.9 Å². The van der Waals surface area contributed by atoms with E-state index in [1.54, 1.807) is 6.07 Å². The van der Waals surface area contributed by atoms with Crippen LogP contribution in [0.15, 0.2) is 12.1 Å². The fourth-order valence-electron chi connectivity index (χ4n) is 1.70. The molecule has 3 nitrogen and oxygen atoms in total. The average molecular weight is 320 g/mol. The van der Waals surface area contributed by atoms with Crippen molar-refractivity contribution < 1.29 is 9.47 Å². The first kappa shape index (κ1) is 17.6. The highest BCUT2D eigenvalue weighted by molar-refractivity contribution is 6.35. The topological polar surface area (TPSA) is 30.5 Å². The van der Waals surface area contributed by atoms with Gasteiger partial charge in [-0.25, -0.2) is 0 Å². The van der Waals surface area contributed by atoms with E-state index in [1.165, 1.54) is 0 Å². The summed E-state index contributed by atoms with van der Waals surface area (Å²) in [6, 6.07) is 3.99. The normalized spacial score (nSPS) is 11.1. The molecule has 0 aliphatic carbocycles. The standard InChI is InChI=1S/C15H23Cl2NO2/c1-4-19-6-5-7-20-15-12(10-18-11(2)3)8-13(16)9-14(15)17/h8-9,11,18H,4-7,10H2,1-3H3. The number of hydrogen-bond acceptors (Lipinski definition) is 3. The predicted molar refractivity (Wildman–Crippen MR) is 85.0 cm³/mol. The molecule has 0 heterocycles. The number of nitrogens with one attached hydrogen (secondary N) is 1. The van der Waals surface area contributed by atoms with E-state index >= 15 is 0 Å². The molecule has 0 aromatic heterocycles. The van der Waals surface area contributed by atoms with Crippen molar-refractivity contribution in [3.63, 3.8) is 0 Å². The maximum absolute atomic E-state index is 6.22. The molecule has 0 amide bonds. The van der Waals surface area contributed by atoms with E-state index < -0.39 is 0 Å². The first-order valence-corrected chi connectivity index (χ1v) is 7.72. The van der Waals surface area contributed by atoms with Gasteiger partial charge in [0.15, 0.2) is 0 Å². The molecule has 0 saturated heterocycles. The second-order valence-electron chi connectivity index (χ2n) is 4.81. The third-order valence-electron chi connectivity index (χ3n) is 2.67. The van der Waals surface area contributed by atoms with Crippen LogP contribution in [0.1, 0.15) is 32.8 Å². The molecule has 114 valence electrons. The largest absolute Gasteiger partial charge is 0.492 e. The van der Waals surface area contributed by atoms with Crippen LogP contribution < -0.4 is 10.1 Å². The van der Waals surface area contributed by atoms with Crippen LogP contribution in [0.2, 0.25) is 10.0 Å². The lowest BCUT2D eigenvalue weighted by Crippen LogP contribution is -2.22. The maximum atomic E-state index is 6.22. The molecule has 0 spiro atoms. The van der Waals surface area contributed by atoms with Crippen molar-refractivity contribution in [3.8, 4) is 5.75 Å². The zero-order chi connectivity index (χ0) is 15.0. The van der Waals surface area contributed by atoms with Gasteiger partial charge in [0.05, 0.1) is 11.6 Å². The quantitative estimate of drug-likeness (QED) is 0.688. The predicted octanol–water partition coefficient (Wildman–Crippen LogP) is 4.30. The van der Waals surface area contributed by atoms with Crippen molar-refractivity contribution >= 4 is 23.2 Å². The Bertz CT molecular complexity index is 411. The molecule has 1 aromatic rings. The molecule has 0 radical (unpaired) electrons. The molecule has 0 saturated carbocycles. The van der Waals surface area contributed by atoms with Gasteiger partial charge in [-0.05, 0) is 19.1 Å². The molecule has 0 bridgehead atoms. The Morgan fingerprint density at radius 1 is 1.20 bits per heavy atom. The Labute approximate surface area is 131 Å². The smallest absolute Gasteiger partial charge is 0.142 e. The fraction of sp³-hybridized carbons (Fsp3) is 0.600. The lowest BCUT2D eigenvalue weighted by atomic mass is 10.2. The number of hydrogen-bond donors (Lipinski definition) is 1. The molecule has 0 atom stereocenters. The van der Waals surface area contributed by atoms with Crippen LogP contribution in [0.25, 0.3) is 0 Å². The summed E-state index contributed by atoms with van der Waals surface area (Å²) in [6.45, 7) is 8.84. The number of halogens is 2. The molecular formula is C15H23Cl2NO2. The SMILES string of the molecule is CCOCCCOc1c(Cl)cc(Cl)cc1CNC(C)C. The van der Waals surface area contributed by atoms with Gasteiger partial charge >= 0.3 is 0 Å². The lowest BCUT2D eigenvalue weighted by molar-refractivity contribution is 0.130. The minimum atomic E-state index is 0.388. The molecule has 1 aromatic carbocycles. The summed E-state index contributed by atoms with van der Waals surface area (Å²) >= 11 is 12.3. The van der Waals surface area contributed by atoms with Gasteiger partial charge in [0, 0.05) is 42.8 Å². The maximum Gasteiger partial charge on any atom is 0.142 e. The number of ether oxygens (including phenoxy) is 2. The second kappa shape index (κ2) is 9.46. The number of benzene rings is 1. The van der Waals surface area contributed by atoms with Gasteiger partial charge in [0.2, 0.25) is 0 Å². The molecule has 0 aliphatic rings. The van der Waals surface area contributed by atoms with Crippen LogP contribution >= 0.6 is 23.2 Å². The highest BCUT2D eigenvalue weighted by atomic mass is 35.5. The minimum Gasteiger partial charge on any atom is -0.492 e. The van der Waals surface area contributed by atoms with Crippen molar-refractivity contribution in [1.82, 2.24) is 5.32 Å². The average Bonchev–Trinajstić information content (AvgIpc) is 2.38. The van der Waals surface area contributed by atoms with E-state index in [0.29, 0.717) is 41.6 Å². The van der Waals surface area contributed by atoms with E-state index in [0.717, 1.165) is 18.6 Å². The summed E-state index contributed by atoms with van der Waals surface area (Å²) in [4.78, 5) is 0. The van der Waals surface area contributed by atoms with Crippen LogP contribution in [0.3, 0.4) is 0 Å². The zero-order valence-corrected chi connectivity index (χ0v) is 13.9. The van der Waals surface area contributed by atoms with E-state index in [1.807, 2.05) is 13.0 Å². The Hall–Kier alpha value is -0.480. The Morgan fingerprint density at radius 3 is 2.60 bits per heavy atom. The molecule has 0 aliphatic heterocycles. The van der Waals surface area contributed by atoms with E-state index in [2.05, 4.69) is 19.2 Å². The van der Waals surface area contributed by atoms with Crippen molar-refractivity contribution in [2.45, 2.75) is 39.8 Å². The molecule has 1 N–H and O–H groups in total. The van der Waals surface area contributed by atoms with Gasteiger partial charge in [0.1, 0.15) is 5.75 Å². The second-order valence-corrected chi connectivity index (χ2v) is 5.65. The van der Waals surface area contributed by atoms with Gasteiger partial charge in [-0.2, -0.15) is 0 Å².